The van der Waals surface area contributed by atoms with Gasteiger partial charge in [0.1, 0.15) is 17.1 Å². The summed E-state index contributed by atoms with van der Waals surface area (Å²) in [6.45, 7) is 0.503. The van der Waals surface area contributed by atoms with Gasteiger partial charge in [-0.25, -0.2) is 0 Å². The molecule has 0 aromatic heterocycles. The molecule has 0 saturated heterocycles. The SMILES string of the molecule is COc1cccc(OC)c1C(=O)NCCS. The predicted molar refractivity (Wildman–Crippen MR) is 65.7 cm³/mol. The van der Waals surface area contributed by atoms with Crippen LogP contribution in [0, 0.1) is 0 Å². The number of carbonyl (C=O) groups excluding carboxylic acids is 1. The van der Waals surface area contributed by atoms with Crippen LogP contribution in [0.4, 0.5) is 0 Å². The largest absolute Gasteiger partial charge is 0.496 e. The minimum atomic E-state index is -0.219. The van der Waals surface area contributed by atoms with Crippen molar-refractivity contribution in [3.8, 4) is 11.5 Å². The standard InChI is InChI=1S/C11H15NO3S/c1-14-8-4-3-5-9(15-2)10(8)11(13)12-6-7-16/h3-5,16H,6-7H2,1-2H3,(H,12,13). The topological polar surface area (TPSA) is 47.6 Å². The van der Waals surface area contributed by atoms with Gasteiger partial charge in [0.15, 0.2) is 0 Å². The maximum absolute atomic E-state index is 11.9. The average Bonchev–Trinajstić information content (AvgIpc) is 2.34. The summed E-state index contributed by atoms with van der Waals surface area (Å²) in [6.07, 6.45) is 0. The Labute approximate surface area is 100 Å². The van der Waals surface area contributed by atoms with Gasteiger partial charge < -0.3 is 14.8 Å². The highest BCUT2D eigenvalue weighted by Crippen LogP contribution is 2.27. The number of ether oxygens (including phenoxy) is 2. The number of rotatable bonds is 5. The molecule has 0 aliphatic carbocycles. The zero-order valence-corrected chi connectivity index (χ0v) is 10.2. The normalized spacial score (nSPS) is 9.69. The van der Waals surface area contributed by atoms with Crippen LogP contribution in [0.25, 0.3) is 0 Å². The van der Waals surface area contributed by atoms with Gasteiger partial charge in [-0.15, -0.1) is 0 Å². The lowest BCUT2D eigenvalue weighted by Crippen LogP contribution is -2.26. The van der Waals surface area contributed by atoms with Crippen molar-refractivity contribution in [1.29, 1.82) is 0 Å². The van der Waals surface area contributed by atoms with Crippen molar-refractivity contribution in [2.75, 3.05) is 26.5 Å². The molecule has 16 heavy (non-hydrogen) atoms. The summed E-state index contributed by atoms with van der Waals surface area (Å²) in [5.41, 5.74) is 0.411. The molecule has 0 fully saturated rings. The summed E-state index contributed by atoms with van der Waals surface area (Å²) in [6, 6.07) is 5.21. The van der Waals surface area contributed by atoms with E-state index in [0.717, 1.165) is 0 Å². The Hall–Kier alpha value is -1.36. The fraction of sp³-hybridized carbons (Fsp3) is 0.364. The average molecular weight is 241 g/mol. The van der Waals surface area contributed by atoms with Crippen LogP contribution in [0.1, 0.15) is 10.4 Å². The highest BCUT2D eigenvalue weighted by molar-refractivity contribution is 7.80. The Bertz CT molecular complexity index is 346. The van der Waals surface area contributed by atoms with Crippen molar-refractivity contribution < 1.29 is 14.3 Å². The van der Waals surface area contributed by atoms with Crippen molar-refractivity contribution in [2.45, 2.75) is 0 Å². The fourth-order valence-corrected chi connectivity index (χ4v) is 1.44. The molecule has 1 aromatic rings. The Morgan fingerprint density at radius 2 is 1.88 bits per heavy atom. The van der Waals surface area contributed by atoms with Crippen LogP contribution in [0.5, 0.6) is 11.5 Å². The molecule has 1 N–H and O–H groups in total. The van der Waals surface area contributed by atoms with E-state index in [1.54, 1.807) is 18.2 Å². The maximum atomic E-state index is 11.9. The van der Waals surface area contributed by atoms with Gasteiger partial charge in [-0.3, -0.25) is 4.79 Å². The minimum Gasteiger partial charge on any atom is -0.496 e. The molecule has 1 rings (SSSR count). The van der Waals surface area contributed by atoms with E-state index < -0.39 is 0 Å². The van der Waals surface area contributed by atoms with Crippen LogP contribution in [0.15, 0.2) is 18.2 Å². The number of hydrogen-bond donors (Lipinski definition) is 2. The summed E-state index contributed by atoms with van der Waals surface area (Å²) in [5, 5.41) is 2.72. The van der Waals surface area contributed by atoms with E-state index in [9.17, 15) is 4.79 Å². The van der Waals surface area contributed by atoms with Crippen LogP contribution in [0.2, 0.25) is 0 Å². The molecule has 4 nitrogen and oxygen atoms in total. The molecule has 0 spiro atoms. The Morgan fingerprint density at radius 1 is 1.31 bits per heavy atom. The molecule has 0 aliphatic heterocycles. The van der Waals surface area contributed by atoms with Gasteiger partial charge in [0.25, 0.3) is 5.91 Å². The first kappa shape index (κ1) is 12.7. The van der Waals surface area contributed by atoms with E-state index >= 15 is 0 Å². The monoisotopic (exact) mass is 241 g/mol. The number of nitrogens with one attached hydrogen (secondary N) is 1. The molecule has 0 atom stereocenters. The number of methoxy groups -OCH3 is 2. The van der Waals surface area contributed by atoms with Gasteiger partial charge in [-0.05, 0) is 12.1 Å². The van der Waals surface area contributed by atoms with Crippen LogP contribution in [0.3, 0.4) is 0 Å². The van der Waals surface area contributed by atoms with Gasteiger partial charge >= 0.3 is 0 Å². The molecular formula is C11H15NO3S. The van der Waals surface area contributed by atoms with E-state index in [0.29, 0.717) is 29.4 Å². The summed E-state index contributed by atoms with van der Waals surface area (Å²) in [4.78, 5) is 11.9. The lowest BCUT2D eigenvalue weighted by molar-refractivity contribution is 0.0950. The summed E-state index contributed by atoms with van der Waals surface area (Å²) in [7, 11) is 3.04. The molecule has 0 saturated carbocycles. The Morgan fingerprint density at radius 3 is 2.31 bits per heavy atom. The highest BCUT2D eigenvalue weighted by Gasteiger charge is 2.17. The van der Waals surface area contributed by atoms with Crippen molar-refractivity contribution in [3.05, 3.63) is 23.8 Å². The van der Waals surface area contributed by atoms with E-state index in [1.165, 1.54) is 14.2 Å². The quantitative estimate of drug-likeness (QED) is 0.765. The smallest absolute Gasteiger partial charge is 0.258 e. The van der Waals surface area contributed by atoms with Crippen LogP contribution in [-0.2, 0) is 0 Å². The number of hydrogen-bond acceptors (Lipinski definition) is 4. The van der Waals surface area contributed by atoms with Crippen molar-refractivity contribution in [3.63, 3.8) is 0 Å². The van der Waals surface area contributed by atoms with Crippen LogP contribution < -0.4 is 14.8 Å². The first-order chi connectivity index (χ1) is 7.74. The zero-order valence-electron chi connectivity index (χ0n) is 9.32. The minimum absolute atomic E-state index is 0.219. The second kappa shape index (κ2) is 6.27. The molecule has 0 bridgehead atoms. The van der Waals surface area contributed by atoms with Gasteiger partial charge in [-0.1, -0.05) is 6.07 Å². The molecule has 0 unspecified atom stereocenters. The zero-order chi connectivity index (χ0) is 12.0. The van der Waals surface area contributed by atoms with Crippen LogP contribution in [-0.4, -0.2) is 32.4 Å². The van der Waals surface area contributed by atoms with Gasteiger partial charge in [-0.2, -0.15) is 12.6 Å². The predicted octanol–water partition coefficient (Wildman–Crippen LogP) is 1.36. The lowest BCUT2D eigenvalue weighted by atomic mass is 10.1. The van der Waals surface area contributed by atoms with Crippen LogP contribution >= 0.6 is 12.6 Å². The molecule has 0 radical (unpaired) electrons. The Balaban J connectivity index is 3.03. The number of benzene rings is 1. The molecule has 0 heterocycles. The lowest BCUT2D eigenvalue weighted by Gasteiger charge is -2.12. The van der Waals surface area contributed by atoms with E-state index in [1.807, 2.05) is 0 Å². The highest BCUT2D eigenvalue weighted by atomic mass is 32.1. The van der Waals surface area contributed by atoms with Crippen molar-refractivity contribution in [1.82, 2.24) is 5.32 Å². The van der Waals surface area contributed by atoms with Crippen molar-refractivity contribution in [2.24, 2.45) is 0 Å². The molecular weight excluding hydrogens is 226 g/mol. The maximum Gasteiger partial charge on any atom is 0.258 e. The van der Waals surface area contributed by atoms with E-state index in [-0.39, 0.29) is 5.91 Å². The molecule has 0 aliphatic rings. The molecule has 88 valence electrons. The number of carbonyl (C=O) groups is 1. The number of thiol groups is 1. The summed E-state index contributed by atoms with van der Waals surface area (Å²) >= 11 is 4.03. The van der Waals surface area contributed by atoms with Gasteiger partial charge in [0, 0.05) is 12.3 Å². The third-order valence-corrected chi connectivity index (χ3v) is 2.28. The fourth-order valence-electron chi connectivity index (χ4n) is 1.33. The summed E-state index contributed by atoms with van der Waals surface area (Å²) in [5.74, 6) is 1.36. The third-order valence-electron chi connectivity index (χ3n) is 2.05. The Kier molecular flexibility index (Phi) is 4.98. The third kappa shape index (κ3) is 2.82. The molecule has 1 amide bonds. The second-order valence-corrected chi connectivity index (χ2v) is 3.46. The summed E-state index contributed by atoms with van der Waals surface area (Å²) < 4.78 is 10.3. The van der Waals surface area contributed by atoms with Gasteiger partial charge in [0.2, 0.25) is 0 Å². The first-order valence-electron chi connectivity index (χ1n) is 4.84. The molecule has 1 aromatic carbocycles. The second-order valence-electron chi connectivity index (χ2n) is 3.02. The first-order valence-corrected chi connectivity index (χ1v) is 5.48. The van der Waals surface area contributed by atoms with E-state index in [4.69, 9.17) is 9.47 Å². The van der Waals surface area contributed by atoms with E-state index in [2.05, 4.69) is 17.9 Å². The molecule has 5 heteroatoms. The number of amides is 1. The van der Waals surface area contributed by atoms with Crippen molar-refractivity contribution >= 4 is 18.5 Å². The van der Waals surface area contributed by atoms with Gasteiger partial charge in [0.05, 0.1) is 14.2 Å².